The molecule has 2 aromatic rings. The van der Waals surface area contributed by atoms with Gasteiger partial charge >= 0.3 is 0 Å². The van der Waals surface area contributed by atoms with Crippen molar-refractivity contribution in [3.8, 4) is 0 Å². The van der Waals surface area contributed by atoms with Crippen LogP contribution in [0.2, 0.25) is 5.02 Å². The van der Waals surface area contributed by atoms with E-state index in [4.69, 9.17) is 11.6 Å². The van der Waals surface area contributed by atoms with Crippen LogP contribution in [-0.4, -0.2) is 37.2 Å². The highest BCUT2D eigenvalue weighted by molar-refractivity contribution is 7.99. The first-order valence-corrected chi connectivity index (χ1v) is 10.2. The third-order valence-corrected chi connectivity index (χ3v) is 5.86. The molecule has 7 heteroatoms. The largest absolute Gasteiger partial charge is 0.359 e. The van der Waals surface area contributed by atoms with Crippen LogP contribution in [0, 0.1) is 5.92 Å². The van der Waals surface area contributed by atoms with Gasteiger partial charge in [-0.25, -0.2) is 0 Å². The van der Waals surface area contributed by atoms with E-state index in [1.165, 1.54) is 0 Å². The molecule has 1 unspecified atom stereocenters. The number of rotatable bonds is 6. The van der Waals surface area contributed by atoms with Crippen LogP contribution >= 0.6 is 23.4 Å². The molecule has 1 saturated heterocycles. The van der Waals surface area contributed by atoms with Crippen molar-refractivity contribution in [2.75, 3.05) is 35.6 Å². The number of anilines is 2. The quantitative estimate of drug-likeness (QED) is 0.723. The highest BCUT2D eigenvalue weighted by atomic mass is 35.5. The number of benzene rings is 2. The topological polar surface area (TPSA) is 61.4 Å². The highest BCUT2D eigenvalue weighted by Crippen LogP contribution is 2.29. The van der Waals surface area contributed by atoms with Gasteiger partial charge in [0, 0.05) is 35.3 Å². The molecule has 0 spiro atoms. The Hall–Kier alpha value is -2.18. The minimum absolute atomic E-state index is 0.0144. The number of nitrogens with zero attached hydrogens (tertiary/aromatic N) is 1. The summed E-state index contributed by atoms with van der Waals surface area (Å²) in [7, 11) is 0. The Balaban J connectivity index is 1.57. The van der Waals surface area contributed by atoms with E-state index in [1.54, 1.807) is 17.8 Å². The van der Waals surface area contributed by atoms with Crippen LogP contribution < -0.4 is 15.5 Å². The van der Waals surface area contributed by atoms with Crippen molar-refractivity contribution < 1.29 is 9.59 Å². The molecule has 3 rings (SSSR count). The van der Waals surface area contributed by atoms with Gasteiger partial charge in [0.2, 0.25) is 11.8 Å². The van der Waals surface area contributed by atoms with Crippen LogP contribution in [0.5, 0.6) is 0 Å². The molecule has 27 heavy (non-hydrogen) atoms. The van der Waals surface area contributed by atoms with Gasteiger partial charge in [0.1, 0.15) is 0 Å². The first-order chi connectivity index (χ1) is 13.0. The molecule has 5 nitrogen and oxygen atoms in total. The first-order valence-electron chi connectivity index (χ1n) is 8.83. The van der Waals surface area contributed by atoms with E-state index in [9.17, 15) is 9.59 Å². The zero-order valence-corrected chi connectivity index (χ0v) is 16.6. The summed E-state index contributed by atoms with van der Waals surface area (Å²) < 4.78 is 0. The van der Waals surface area contributed by atoms with E-state index < -0.39 is 0 Å². The highest BCUT2D eigenvalue weighted by Gasteiger charge is 2.19. The number of nitrogens with one attached hydrogen (secondary N) is 2. The van der Waals surface area contributed by atoms with E-state index in [-0.39, 0.29) is 17.7 Å². The van der Waals surface area contributed by atoms with Crippen molar-refractivity contribution >= 4 is 46.6 Å². The second kappa shape index (κ2) is 9.15. The van der Waals surface area contributed by atoms with E-state index in [1.807, 2.05) is 54.3 Å². The molecule has 1 aliphatic heterocycles. The maximum Gasteiger partial charge on any atom is 0.239 e. The van der Waals surface area contributed by atoms with Crippen LogP contribution in [0.15, 0.2) is 53.4 Å². The van der Waals surface area contributed by atoms with E-state index in [2.05, 4.69) is 10.6 Å². The lowest BCUT2D eigenvalue weighted by Crippen LogP contribution is -2.47. The molecule has 1 heterocycles. The van der Waals surface area contributed by atoms with Gasteiger partial charge < -0.3 is 15.5 Å². The fraction of sp³-hybridized carbons (Fsp3) is 0.300. The summed E-state index contributed by atoms with van der Waals surface area (Å²) in [5, 5.41) is 6.24. The molecule has 0 aromatic heterocycles. The van der Waals surface area contributed by atoms with Crippen molar-refractivity contribution in [3.05, 3.63) is 53.6 Å². The number of hydrogen-bond acceptors (Lipinski definition) is 4. The Morgan fingerprint density at radius 3 is 2.78 bits per heavy atom. The number of carbonyl (C=O) groups is 2. The molecule has 2 aromatic carbocycles. The molecule has 0 aliphatic carbocycles. The van der Waals surface area contributed by atoms with Crippen molar-refractivity contribution in [3.63, 3.8) is 0 Å². The van der Waals surface area contributed by atoms with Gasteiger partial charge in [-0.3, -0.25) is 9.59 Å². The standard InChI is InChI=1S/C20H22ClN3O2S/c1-14(13-27-16-5-3-2-4-6-16)20(26)23-15-7-8-18(17(21)11-15)24-10-9-22-19(25)12-24/h2-8,11,14H,9-10,12-13H2,1H3,(H,22,25)(H,23,26). The van der Waals surface area contributed by atoms with Crippen molar-refractivity contribution in [1.82, 2.24) is 5.32 Å². The molecular formula is C20H22ClN3O2S. The molecular weight excluding hydrogens is 382 g/mol. The summed E-state index contributed by atoms with van der Waals surface area (Å²) in [4.78, 5) is 27.1. The fourth-order valence-electron chi connectivity index (χ4n) is 2.76. The molecule has 0 radical (unpaired) electrons. The SMILES string of the molecule is CC(CSc1ccccc1)C(=O)Nc1ccc(N2CCNC(=O)C2)c(Cl)c1. The third-order valence-electron chi connectivity index (χ3n) is 4.29. The molecule has 1 atom stereocenters. The average molecular weight is 404 g/mol. The van der Waals surface area contributed by atoms with Crippen LogP contribution in [0.3, 0.4) is 0 Å². The van der Waals surface area contributed by atoms with Crippen LogP contribution in [-0.2, 0) is 9.59 Å². The lowest BCUT2D eigenvalue weighted by atomic mass is 10.2. The van der Waals surface area contributed by atoms with E-state index in [0.29, 0.717) is 36.1 Å². The van der Waals surface area contributed by atoms with Gasteiger partial charge in [0.25, 0.3) is 0 Å². The zero-order chi connectivity index (χ0) is 19.2. The second-order valence-electron chi connectivity index (χ2n) is 6.45. The monoisotopic (exact) mass is 403 g/mol. The fourth-order valence-corrected chi connectivity index (χ4v) is 4.01. The summed E-state index contributed by atoms with van der Waals surface area (Å²) >= 11 is 8.05. The van der Waals surface area contributed by atoms with Gasteiger partial charge in [-0.2, -0.15) is 0 Å². The van der Waals surface area contributed by atoms with Crippen molar-refractivity contribution in [2.45, 2.75) is 11.8 Å². The maximum atomic E-state index is 12.4. The van der Waals surface area contributed by atoms with Gasteiger partial charge in [-0.1, -0.05) is 36.7 Å². The van der Waals surface area contributed by atoms with Gasteiger partial charge in [0.05, 0.1) is 17.3 Å². The minimum atomic E-state index is -0.139. The molecule has 2 amide bonds. The number of piperazine rings is 1. The van der Waals surface area contributed by atoms with Crippen molar-refractivity contribution in [2.24, 2.45) is 5.92 Å². The van der Waals surface area contributed by atoms with Gasteiger partial charge in [0.15, 0.2) is 0 Å². The molecule has 142 valence electrons. The van der Waals surface area contributed by atoms with Gasteiger partial charge in [-0.05, 0) is 30.3 Å². The Morgan fingerprint density at radius 1 is 1.30 bits per heavy atom. The van der Waals surface area contributed by atoms with Crippen LogP contribution in [0.1, 0.15) is 6.92 Å². The Labute approximate surface area is 168 Å². The number of carbonyl (C=O) groups excluding carboxylic acids is 2. The number of thioether (sulfide) groups is 1. The maximum absolute atomic E-state index is 12.4. The third kappa shape index (κ3) is 5.40. The molecule has 0 saturated carbocycles. The summed E-state index contributed by atoms with van der Waals surface area (Å²) in [6.45, 7) is 3.52. The Morgan fingerprint density at radius 2 is 2.07 bits per heavy atom. The smallest absolute Gasteiger partial charge is 0.239 e. The summed E-state index contributed by atoms with van der Waals surface area (Å²) in [6, 6.07) is 15.4. The Bertz CT molecular complexity index is 816. The lowest BCUT2D eigenvalue weighted by molar-refractivity contribution is -0.120. The van der Waals surface area contributed by atoms with Crippen LogP contribution in [0.4, 0.5) is 11.4 Å². The summed E-state index contributed by atoms with van der Waals surface area (Å²) in [6.07, 6.45) is 0. The second-order valence-corrected chi connectivity index (χ2v) is 7.95. The number of hydrogen-bond donors (Lipinski definition) is 2. The lowest BCUT2D eigenvalue weighted by Gasteiger charge is -2.29. The Kier molecular flexibility index (Phi) is 6.63. The summed E-state index contributed by atoms with van der Waals surface area (Å²) in [5.41, 5.74) is 1.46. The normalized spacial score (nSPS) is 15.2. The predicted octanol–water partition coefficient (Wildman–Crippen LogP) is 3.64. The molecule has 0 bridgehead atoms. The molecule has 1 fully saturated rings. The van der Waals surface area contributed by atoms with Gasteiger partial charge in [-0.15, -0.1) is 11.8 Å². The molecule has 1 aliphatic rings. The number of amides is 2. The summed E-state index contributed by atoms with van der Waals surface area (Å²) in [5.74, 6) is 0.503. The first kappa shape index (κ1) is 19.6. The predicted molar refractivity (Wildman–Crippen MR) is 112 cm³/mol. The van der Waals surface area contributed by atoms with Crippen molar-refractivity contribution in [1.29, 1.82) is 0 Å². The van der Waals surface area contributed by atoms with E-state index >= 15 is 0 Å². The minimum Gasteiger partial charge on any atom is -0.359 e. The average Bonchev–Trinajstić information content (AvgIpc) is 2.67. The molecule has 2 N–H and O–H groups in total. The number of halogens is 1. The van der Waals surface area contributed by atoms with E-state index in [0.717, 1.165) is 10.6 Å². The zero-order valence-electron chi connectivity index (χ0n) is 15.1. The van der Waals surface area contributed by atoms with Crippen LogP contribution in [0.25, 0.3) is 0 Å².